The average Bonchev–Trinajstić information content (AvgIpc) is 2.21. The van der Waals surface area contributed by atoms with Gasteiger partial charge in [-0.1, -0.05) is 0 Å². The Labute approximate surface area is 97.3 Å². The summed E-state index contributed by atoms with van der Waals surface area (Å²) in [6.07, 6.45) is -4.24. The molecule has 16 heavy (non-hydrogen) atoms. The first-order valence-corrected chi connectivity index (χ1v) is 4.87. The van der Waals surface area contributed by atoms with E-state index in [9.17, 15) is 18.7 Å². The molecule has 0 fully saturated rings. The number of aliphatic hydroxyl groups excluding tert-OH is 2. The molecule has 4 nitrogen and oxygen atoms in total. The van der Waals surface area contributed by atoms with Crippen LogP contribution in [0.25, 0.3) is 0 Å². The fraction of sp³-hybridized carbons (Fsp3) is 0.222. The van der Waals surface area contributed by atoms with E-state index in [-0.39, 0.29) is 4.47 Å². The van der Waals surface area contributed by atoms with Crippen molar-refractivity contribution in [3.63, 3.8) is 0 Å². The van der Waals surface area contributed by atoms with Gasteiger partial charge in [-0.15, -0.1) is 0 Å². The number of aliphatic hydroxyl groups is 2. The number of carboxylic acid groups (broad SMARTS) is 1. The van der Waals surface area contributed by atoms with Gasteiger partial charge in [0.1, 0.15) is 17.7 Å². The quantitative estimate of drug-likeness (QED) is 0.733. The summed E-state index contributed by atoms with van der Waals surface area (Å²) in [6, 6.07) is 1.36. The summed E-state index contributed by atoms with van der Waals surface area (Å²) in [6.45, 7) is 0. The van der Waals surface area contributed by atoms with E-state index in [1.807, 2.05) is 0 Å². The topological polar surface area (TPSA) is 77.8 Å². The predicted octanol–water partition coefficient (Wildman–Crippen LogP) is 1.21. The van der Waals surface area contributed by atoms with E-state index in [4.69, 9.17) is 10.2 Å². The number of halogens is 3. The first-order valence-electron chi connectivity index (χ1n) is 4.08. The molecule has 1 rings (SSSR count). The van der Waals surface area contributed by atoms with Gasteiger partial charge in [0.25, 0.3) is 0 Å². The maximum Gasteiger partial charge on any atom is 0.335 e. The Hall–Kier alpha value is -1.05. The summed E-state index contributed by atoms with van der Waals surface area (Å²) in [5.41, 5.74) is -0.615. The standard InChI is InChI=1S/C9H7BrF2O4/c10-4-2-5(11)3(1-6(4)12)7(13)8(14)9(15)16/h1-2,7-8,13-14H,(H,15,16). The molecule has 0 radical (unpaired) electrons. The lowest BCUT2D eigenvalue weighted by Crippen LogP contribution is -2.28. The van der Waals surface area contributed by atoms with Crippen LogP contribution in [0.2, 0.25) is 0 Å². The maximum absolute atomic E-state index is 13.2. The predicted molar refractivity (Wildman–Crippen MR) is 52.7 cm³/mol. The Morgan fingerprint density at radius 1 is 1.25 bits per heavy atom. The molecule has 0 saturated heterocycles. The van der Waals surface area contributed by atoms with E-state index in [0.717, 1.165) is 6.07 Å². The number of carboxylic acids is 1. The molecule has 2 unspecified atom stereocenters. The molecular formula is C9H7BrF2O4. The van der Waals surface area contributed by atoms with E-state index < -0.39 is 35.4 Å². The van der Waals surface area contributed by atoms with E-state index in [1.54, 1.807) is 0 Å². The smallest absolute Gasteiger partial charge is 0.335 e. The number of hydrogen-bond donors (Lipinski definition) is 3. The average molecular weight is 297 g/mol. The highest BCUT2D eigenvalue weighted by molar-refractivity contribution is 9.10. The van der Waals surface area contributed by atoms with Crippen LogP contribution in [-0.4, -0.2) is 27.4 Å². The van der Waals surface area contributed by atoms with Gasteiger partial charge in [0.2, 0.25) is 0 Å². The number of rotatable bonds is 3. The van der Waals surface area contributed by atoms with Crippen molar-refractivity contribution in [2.45, 2.75) is 12.2 Å². The molecule has 0 aliphatic heterocycles. The number of benzene rings is 1. The van der Waals surface area contributed by atoms with Crippen LogP contribution in [0, 0.1) is 11.6 Å². The molecule has 1 aromatic rings. The molecule has 0 aliphatic rings. The zero-order chi connectivity index (χ0) is 12.5. The molecular weight excluding hydrogens is 290 g/mol. The van der Waals surface area contributed by atoms with Crippen LogP contribution in [0.5, 0.6) is 0 Å². The second-order valence-corrected chi connectivity index (χ2v) is 3.87. The van der Waals surface area contributed by atoms with Crippen molar-refractivity contribution in [1.82, 2.24) is 0 Å². The van der Waals surface area contributed by atoms with Gasteiger partial charge < -0.3 is 15.3 Å². The number of hydrogen-bond acceptors (Lipinski definition) is 3. The minimum atomic E-state index is -2.21. The van der Waals surface area contributed by atoms with Crippen LogP contribution in [0.3, 0.4) is 0 Å². The summed E-state index contributed by atoms with van der Waals surface area (Å²) < 4.78 is 26.1. The first-order chi connectivity index (χ1) is 7.34. The van der Waals surface area contributed by atoms with Gasteiger partial charge >= 0.3 is 5.97 Å². The normalized spacial score (nSPS) is 14.6. The molecule has 0 saturated carbocycles. The van der Waals surface area contributed by atoms with Crippen LogP contribution < -0.4 is 0 Å². The molecule has 88 valence electrons. The van der Waals surface area contributed by atoms with Gasteiger partial charge in [0, 0.05) is 5.56 Å². The second kappa shape index (κ2) is 4.86. The monoisotopic (exact) mass is 296 g/mol. The Morgan fingerprint density at radius 2 is 1.81 bits per heavy atom. The molecule has 0 aromatic heterocycles. The van der Waals surface area contributed by atoms with Crippen molar-refractivity contribution in [2.24, 2.45) is 0 Å². The molecule has 2 atom stereocenters. The van der Waals surface area contributed by atoms with E-state index in [0.29, 0.717) is 6.07 Å². The van der Waals surface area contributed by atoms with Gasteiger partial charge in [0.05, 0.1) is 4.47 Å². The van der Waals surface area contributed by atoms with Gasteiger partial charge in [-0.2, -0.15) is 0 Å². The molecule has 0 heterocycles. The molecule has 0 amide bonds. The van der Waals surface area contributed by atoms with Crippen molar-refractivity contribution in [2.75, 3.05) is 0 Å². The van der Waals surface area contributed by atoms with Gasteiger partial charge in [0.15, 0.2) is 6.10 Å². The summed E-state index contributed by atoms with van der Waals surface area (Å²) in [7, 11) is 0. The Bertz CT molecular complexity index is 424. The minimum absolute atomic E-state index is 0.161. The zero-order valence-corrected chi connectivity index (χ0v) is 9.28. The van der Waals surface area contributed by atoms with Crippen molar-refractivity contribution >= 4 is 21.9 Å². The van der Waals surface area contributed by atoms with Crippen LogP contribution in [0.15, 0.2) is 16.6 Å². The molecule has 7 heteroatoms. The summed E-state index contributed by atoms with van der Waals surface area (Å²) in [4.78, 5) is 10.3. The SMILES string of the molecule is O=C(O)C(O)C(O)c1cc(F)c(Br)cc1F. The largest absolute Gasteiger partial charge is 0.479 e. The highest BCUT2D eigenvalue weighted by atomic mass is 79.9. The molecule has 0 bridgehead atoms. The number of carbonyl (C=O) groups is 1. The van der Waals surface area contributed by atoms with Crippen molar-refractivity contribution in [3.8, 4) is 0 Å². The Kier molecular flexibility index (Phi) is 3.95. The van der Waals surface area contributed by atoms with Crippen LogP contribution in [-0.2, 0) is 4.79 Å². The highest BCUT2D eigenvalue weighted by Crippen LogP contribution is 2.26. The fourth-order valence-electron chi connectivity index (χ4n) is 1.07. The third-order valence-corrected chi connectivity index (χ3v) is 2.52. The van der Waals surface area contributed by atoms with Gasteiger partial charge in [-0.3, -0.25) is 0 Å². The third kappa shape index (κ3) is 2.55. The molecule has 0 spiro atoms. The number of aliphatic carboxylic acids is 1. The molecule has 3 N–H and O–H groups in total. The van der Waals surface area contributed by atoms with Gasteiger partial charge in [-0.25, -0.2) is 13.6 Å². The Balaban J connectivity index is 3.13. The van der Waals surface area contributed by atoms with Crippen LogP contribution >= 0.6 is 15.9 Å². The summed E-state index contributed by atoms with van der Waals surface area (Å²) in [5.74, 6) is -3.61. The molecule has 0 aliphatic carbocycles. The lowest BCUT2D eigenvalue weighted by atomic mass is 10.0. The third-order valence-electron chi connectivity index (χ3n) is 1.91. The zero-order valence-electron chi connectivity index (χ0n) is 7.69. The summed E-state index contributed by atoms with van der Waals surface area (Å²) in [5, 5.41) is 26.7. The fourth-order valence-corrected chi connectivity index (χ4v) is 1.39. The molecule has 1 aromatic carbocycles. The van der Waals surface area contributed by atoms with Crippen molar-refractivity contribution < 1.29 is 28.9 Å². The van der Waals surface area contributed by atoms with E-state index >= 15 is 0 Å². The maximum atomic E-state index is 13.2. The van der Waals surface area contributed by atoms with Crippen molar-refractivity contribution in [1.29, 1.82) is 0 Å². The van der Waals surface area contributed by atoms with Gasteiger partial charge in [-0.05, 0) is 28.1 Å². The van der Waals surface area contributed by atoms with Crippen LogP contribution in [0.4, 0.5) is 8.78 Å². The lowest BCUT2D eigenvalue weighted by Gasteiger charge is -2.15. The minimum Gasteiger partial charge on any atom is -0.479 e. The van der Waals surface area contributed by atoms with E-state index in [1.165, 1.54) is 0 Å². The lowest BCUT2D eigenvalue weighted by molar-refractivity contribution is -0.153. The van der Waals surface area contributed by atoms with E-state index in [2.05, 4.69) is 15.9 Å². The second-order valence-electron chi connectivity index (χ2n) is 3.02. The summed E-state index contributed by atoms with van der Waals surface area (Å²) >= 11 is 2.72. The Morgan fingerprint density at radius 3 is 2.31 bits per heavy atom. The van der Waals surface area contributed by atoms with Crippen LogP contribution in [0.1, 0.15) is 11.7 Å². The van der Waals surface area contributed by atoms with Crippen molar-refractivity contribution in [3.05, 3.63) is 33.8 Å². The highest BCUT2D eigenvalue weighted by Gasteiger charge is 2.28. The first kappa shape index (κ1) is 13.0.